The van der Waals surface area contributed by atoms with Gasteiger partial charge in [0, 0.05) is 24.1 Å². The van der Waals surface area contributed by atoms with E-state index in [1.807, 2.05) is 24.3 Å². The number of nitro benzene ring substituents is 1. The fourth-order valence-electron chi connectivity index (χ4n) is 2.59. The molecule has 0 aliphatic rings. The lowest BCUT2D eigenvalue weighted by atomic mass is 10.1. The van der Waals surface area contributed by atoms with E-state index in [4.69, 9.17) is 13.9 Å². The quantitative estimate of drug-likeness (QED) is 0.319. The summed E-state index contributed by atoms with van der Waals surface area (Å²) in [6, 6.07) is 13.2. The van der Waals surface area contributed by atoms with Crippen LogP contribution in [0.15, 0.2) is 52.9 Å². The molecule has 0 saturated carbocycles. The predicted molar refractivity (Wildman–Crippen MR) is 102 cm³/mol. The van der Waals surface area contributed by atoms with Crippen LogP contribution in [0.3, 0.4) is 0 Å². The minimum absolute atomic E-state index is 0.0346. The van der Waals surface area contributed by atoms with E-state index < -0.39 is 11.0 Å². The van der Waals surface area contributed by atoms with Gasteiger partial charge in [0.05, 0.1) is 12.0 Å². The number of ether oxygens (including phenoxy) is 2. The lowest BCUT2D eigenvalue weighted by molar-refractivity contribution is -0.384. The molecule has 1 atom stereocenters. The minimum atomic E-state index is -0.710. The number of rotatable bonds is 8. The maximum atomic E-state index is 12.1. The van der Waals surface area contributed by atoms with E-state index in [0.29, 0.717) is 12.0 Å². The van der Waals surface area contributed by atoms with Crippen molar-refractivity contribution in [1.82, 2.24) is 10.2 Å². The second-order valence-corrected chi connectivity index (χ2v) is 6.23. The summed E-state index contributed by atoms with van der Waals surface area (Å²) in [7, 11) is 1.60. The number of hydrogen-bond donors (Lipinski definition) is 0. The van der Waals surface area contributed by atoms with Crippen LogP contribution < -0.4 is 4.74 Å². The maximum Gasteiger partial charge on any atom is 0.306 e. The van der Waals surface area contributed by atoms with Gasteiger partial charge in [0.15, 0.2) is 6.10 Å². The summed E-state index contributed by atoms with van der Waals surface area (Å²) in [6.45, 7) is 1.64. The number of non-ortho nitro benzene ring substituents is 1. The maximum absolute atomic E-state index is 12.1. The first-order chi connectivity index (χ1) is 14.0. The molecule has 9 nitrogen and oxygen atoms in total. The fourth-order valence-corrected chi connectivity index (χ4v) is 2.59. The van der Waals surface area contributed by atoms with Gasteiger partial charge in [-0.25, -0.2) is 0 Å². The largest absolute Gasteiger partial charge is 0.497 e. The van der Waals surface area contributed by atoms with E-state index in [1.165, 1.54) is 24.3 Å². The Morgan fingerprint density at radius 3 is 2.45 bits per heavy atom. The Hall–Kier alpha value is -3.75. The summed E-state index contributed by atoms with van der Waals surface area (Å²) in [4.78, 5) is 22.3. The van der Waals surface area contributed by atoms with Crippen LogP contribution in [-0.4, -0.2) is 28.2 Å². The van der Waals surface area contributed by atoms with Crippen LogP contribution in [0.2, 0.25) is 0 Å². The second kappa shape index (κ2) is 8.96. The molecule has 0 unspecified atom stereocenters. The SMILES string of the molecule is COc1ccc(CCC(=O)O[C@H](C)c2nnc(-c3ccc([N+](=O)[O-])cc3)o2)cc1. The zero-order chi connectivity index (χ0) is 20.8. The molecule has 9 heteroatoms. The van der Waals surface area contributed by atoms with Gasteiger partial charge in [-0.3, -0.25) is 14.9 Å². The van der Waals surface area contributed by atoms with Crippen LogP contribution in [0, 0.1) is 10.1 Å². The van der Waals surface area contributed by atoms with Gasteiger partial charge in [0.1, 0.15) is 5.75 Å². The predicted octanol–water partition coefficient (Wildman–Crippen LogP) is 3.89. The first-order valence-electron chi connectivity index (χ1n) is 8.87. The molecule has 0 aliphatic heterocycles. The number of aryl methyl sites for hydroxylation is 1. The molecule has 0 bridgehead atoms. The molecule has 0 fully saturated rings. The lowest BCUT2D eigenvalue weighted by Crippen LogP contribution is -2.10. The third-order valence-electron chi connectivity index (χ3n) is 4.20. The van der Waals surface area contributed by atoms with Gasteiger partial charge >= 0.3 is 5.97 Å². The molecule has 29 heavy (non-hydrogen) atoms. The number of hydrogen-bond acceptors (Lipinski definition) is 8. The van der Waals surface area contributed by atoms with Crippen molar-refractivity contribution in [3.05, 3.63) is 70.1 Å². The Bertz CT molecular complexity index is 982. The molecule has 3 rings (SSSR count). The molecular formula is C20H19N3O6. The smallest absolute Gasteiger partial charge is 0.306 e. The topological polar surface area (TPSA) is 118 Å². The molecule has 1 aromatic heterocycles. The van der Waals surface area contributed by atoms with E-state index in [1.54, 1.807) is 14.0 Å². The number of nitrogens with zero attached hydrogens (tertiary/aromatic N) is 3. The zero-order valence-electron chi connectivity index (χ0n) is 15.9. The molecule has 2 aromatic carbocycles. The van der Waals surface area contributed by atoms with Crippen LogP contribution in [0.25, 0.3) is 11.5 Å². The second-order valence-electron chi connectivity index (χ2n) is 6.23. The molecule has 0 spiro atoms. The molecule has 0 amide bonds. The number of esters is 1. The van der Waals surface area contributed by atoms with E-state index >= 15 is 0 Å². The lowest BCUT2D eigenvalue weighted by Gasteiger charge is -2.09. The summed E-state index contributed by atoms with van der Waals surface area (Å²) in [5.74, 6) is 0.709. The van der Waals surface area contributed by atoms with Crippen molar-refractivity contribution >= 4 is 11.7 Å². The summed E-state index contributed by atoms with van der Waals surface area (Å²) in [5.41, 5.74) is 1.49. The van der Waals surface area contributed by atoms with Crippen molar-refractivity contribution < 1.29 is 23.6 Å². The average Bonchev–Trinajstić information content (AvgIpc) is 3.23. The van der Waals surface area contributed by atoms with Crippen molar-refractivity contribution in [2.75, 3.05) is 7.11 Å². The number of carbonyl (C=O) groups excluding carboxylic acids is 1. The monoisotopic (exact) mass is 397 g/mol. The van der Waals surface area contributed by atoms with Gasteiger partial charge < -0.3 is 13.9 Å². The number of methoxy groups -OCH3 is 1. The average molecular weight is 397 g/mol. The van der Waals surface area contributed by atoms with E-state index in [-0.39, 0.29) is 29.9 Å². The van der Waals surface area contributed by atoms with Gasteiger partial charge in [-0.05, 0) is 43.2 Å². The summed E-state index contributed by atoms with van der Waals surface area (Å²) < 4.78 is 16.0. The van der Waals surface area contributed by atoms with Crippen molar-refractivity contribution in [2.45, 2.75) is 25.9 Å². The Morgan fingerprint density at radius 1 is 1.14 bits per heavy atom. The molecule has 0 radical (unpaired) electrons. The summed E-state index contributed by atoms with van der Waals surface area (Å²) >= 11 is 0. The van der Waals surface area contributed by atoms with E-state index in [0.717, 1.165) is 11.3 Å². The molecule has 0 N–H and O–H groups in total. The first kappa shape index (κ1) is 20.0. The molecule has 0 saturated heterocycles. The van der Waals surface area contributed by atoms with Crippen LogP contribution in [-0.2, 0) is 16.0 Å². The van der Waals surface area contributed by atoms with Crippen molar-refractivity contribution in [1.29, 1.82) is 0 Å². The Balaban J connectivity index is 1.55. The normalized spacial score (nSPS) is 11.7. The van der Waals surface area contributed by atoms with Crippen LogP contribution in [0.4, 0.5) is 5.69 Å². The third-order valence-corrected chi connectivity index (χ3v) is 4.20. The van der Waals surface area contributed by atoms with Crippen LogP contribution in [0.5, 0.6) is 5.75 Å². The molecular weight excluding hydrogens is 378 g/mol. The highest BCUT2D eigenvalue weighted by Gasteiger charge is 2.19. The number of nitro groups is 1. The van der Waals surface area contributed by atoms with Gasteiger partial charge in [0.25, 0.3) is 11.6 Å². The summed E-state index contributed by atoms with van der Waals surface area (Å²) in [6.07, 6.45) is 0.0330. The number of aromatic nitrogens is 2. The summed E-state index contributed by atoms with van der Waals surface area (Å²) in [5, 5.41) is 18.5. The zero-order valence-corrected chi connectivity index (χ0v) is 15.9. The number of benzene rings is 2. The molecule has 3 aromatic rings. The minimum Gasteiger partial charge on any atom is -0.497 e. The van der Waals surface area contributed by atoms with Crippen LogP contribution in [0.1, 0.15) is 30.9 Å². The van der Waals surface area contributed by atoms with Gasteiger partial charge in [-0.1, -0.05) is 12.1 Å². The van der Waals surface area contributed by atoms with E-state index in [9.17, 15) is 14.9 Å². The molecule has 1 heterocycles. The molecule has 150 valence electrons. The highest BCUT2D eigenvalue weighted by atomic mass is 16.6. The Kier molecular flexibility index (Phi) is 6.18. The number of carbonyl (C=O) groups is 1. The fraction of sp³-hybridized carbons (Fsp3) is 0.250. The van der Waals surface area contributed by atoms with Gasteiger partial charge in [-0.2, -0.15) is 0 Å². The van der Waals surface area contributed by atoms with Crippen molar-refractivity contribution in [3.63, 3.8) is 0 Å². The van der Waals surface area contributed by atoms with Crippen LogP contribution >= 0.6 is 0 Å². The van der Waals surface area contributed by atoms with Gasteiger partial charge in [-0.15, -0.1) is 10.2 Å². The van der Waals surface area contributed by atoms with Crippen molar-refractivity contribution in [3.8, 4) is 17.2 Å². The standard InChI is InChI=1S/C20H19N3O6/c1-13(28-18(24)12-5-14-3-10-17(27-2)11-4-14)19-21-22-20(29-19)15-6-8-16(9-7-15)23(25)26/h3-4,6-11,13H,5,12H2,1-2H3/t13-/m1/s1. The highest BCUT2D eigenvalue weighted by Crippen LogP contribution is 2.24. The van der Waals surface area contributed by atoms with Gasteiger partial charge in [0.2, 0.25) is 5.89 Å². The third kappa shape index (κ3) is 5.16. The first-order valence-corrected chi connectivity index (χ1v) is 8.87. The van der Waals surface area contributed by atoms with Crippen molar-refractivity contribution in [2.24, 2.45) is 0 Å². The Labute approximate surface area is 166 Å². The van der Waals surface area contributed by atoms with E-state index in [2.05, 4.69) is 10.2 Å². The highest BCUT2D eigenvalue weighted by molar-refractivity contribution is 5.70. The Morgan fingerprint density at radius 2 is 1.83 bits per heavy atom. The molecule has 0 aliphatic carbocycles.